The van der Waals surface area contributed by atoms with E-state index in [0.29, 0.717) is 24.0 Å². The van der Waals surface area contributed by atoms with E-state index in [1.807, 2.05) is 0 Å². The van der Waals surface area contributed by atoms with Gasteiger partial charge in [0.25, 0.3) is 0 Å². The second-order valence-corrected chi connectivity index (χ2v) is 3.58. The molecular weight excluding hydrogens is 230 g/mol. The first-order valence-corrected chi connectivity index (χ1v) is 5.34. The summed E-state index contributed by atoms with van der Waals surface area (Å²) in [5.41, 5.74) is 1.40. The van der Waals surface area contributed by atoms with Crippen LogP contribution in [0.3, 0.4) is 0 Å². The van der Waals surface area contributed by atoms with Crippen molar-refractivity contribution in [1.29, 1.82) is 0 Å². The molecule has 0 radical (unpaired) electrons. The van der Waals surface area contributed by atoms with Crippen LogP contribution in [0.2, 0.25) is 0 Å². The highest BCUT2D eigenvalue weighted by atomic mass is 35.5. The molecule has 0 spiro atoms. The predicted molar refractivity (Wildman–Crippen MR) is 61.7 cm³/mol. The number of nitrogens with zero attached hydrogens (tertiary/aromatic N) is 3. The molecule has 1 unspecified atom stereocenters. The smallest absolute Gasteiger partial charge is 0.182 e. The lowest BCUT2D eigenvalue weighted by Gasteiger charge is -2.15. The average molecular weight is 242 g/mol. The summed E-state index contributed by atoms with van der Waals surface area (Å²) in [6.45, 7) is 0.517. The van der Waals surface area contributed by atoms with E-state index in [2.05, 4.69) is 25.3 Å². The Hall–Kier alpha value is -1.40. The molecule has 0 aliphatic rings. The first kappa shape index (κ1) is 11.1. The molecule has 6 nitrogen and oxygen atoms in total. The fourth-order valence-corrected chi connectivity index (χ4v) is 1.56. The Morgan fingerprint density at radius 1 is 1.50 bits per heavy atom. The van der Waals surface area contributed by atoms with E-state index < -0.39 is 0 Å². The van der Waals surface area contributed by atoms with Gasteiger partial charge in [0.05, 0.1) is 19.0 Å². The van der Waals surface area contributed by atoms with Crippen LogP contribution in [-0.4, -0.2) is 45.6 Å². The summed E-state index contributed by atoms with van der Waals surface area (Å²) >= 11 is 5.81. The number of fused-ring (bicyclic) bond motifs is 1. The number of hydrogen-bond donors (Lipinski definition) is 2. The molecule has 7 heteroatoms. The Balaban J connectivity index is 2.22. The van der Waals surface area contributed by atoms with Crippen molar-refractivity contribution in [2.45, 2.75) is 6.04 Å². The minimum atomic E-state index is 0.00747. The van der Waals surface area contributed by atoms with Crippen LogP contribution in [0.1, 0.15) is 0 Å². The number of hydrogen-bond acceptors (Lipinski definition) is 5. The van der Waals surface area contributed by atoms with Crippen LogP contribution in [0.25, 0.3) is 11.2 Å². The van der Waals surface area contributed by atoms with Crippen LogP contribution >= 0.6 is 11.6 Å². The first-order chi connectivity index (χ1) is 7.85. The van der Waals surface area contributed by atoms with Gasteiger partial charge in [-0.1, -0.05) is 0 Å². The predicted octanol–water partition coefficient (Wildman–Crippen LogP) is 1.02. The molecule has 0 saturated heterocycles. The number of aromatic amines is 1. The second kappa shape index (κ2) is 5.09. The Morgan fingerprint density at radius 2 is 2.38 bits per heavy atom. The summed E-state index contributed by atoms with van der Waals surface area (Å²) in [5.74, 6) is 1.12. The van der Waals surface area contributed by atoms with Gasteiger partial charge in [-0.2, -0.15) is 0 Å². The van der Waals surface area contributed by atoms with Gasteiger partial charge in [0, 0.05) is 13.0 Å². The van der Waals surface area contributed by atoms with Gasteiger partial charge in [-0.25, -0.2) is 15.0 Å². The zero-order valence-electron chi connectivity index (χ0n) is 8.77. The van der Waals surface area contributed by atoms with Crippen molar-refractivity contribution in [2.24, 2.45) is 0 Å². The lowest BCUT2D eigenvalue weighted by Crippen LogP contribution is -2.27. The third kappa shape index (κ3) is 2.23. The highest BCUT2D eigenvalue weighted by Gasteiger charge is 2.11. The van der Waals surface area contributed by atoms with Crippen molar-refractivity contribution >= 4 is 28.6 Å². The maximum Gasteiger partial charge on any atom is 0.182 e. The lowest BCUT2D eigenvalue weighted by molar-refractivity contribution is 0.191. The Bertz CT molecular complexity index is 460. The summed E-state index contributed by atoms with van der Waals surface area (Å²) in [4.78, 5) is 15.2. The molecule has 2 aromatic heterocycles. The van der Waals surface area contributed by atoms with E-state index >= 15 is 0 Å². The molecule has 0 aliphatic carbocycles. The summed E-state index contributed by atoms with van der Waals surface area (Å²) in [6.07, 6.45) is 3.04. The van der Waals surface area contributed by atoms with Gasteiger partial charge in [-0.3, -0.25) is 0 Å². The fraction of sp³-hybridized carbons (Fsp3) is 0.444. The van der Waals surface area contributed by atoms with Crippen LogP contribution in [0.5, 0.6) is 0 Å². The Kier molecular flexibility index (Phi) is 3.53. The monoisotopic (exact) mass is 241 g/mol. The molecule has 2 rings (SSSR count). The van der Waals surface area contributed by atoms with Crippen molar-refractivity contribution in [3.63, 3.8) is 0 Å². The molecule has 2 N–H and O–H groups in total. The zero-order chi connectivity index (χ0) is 11.4. The van der Waals surface area contributed by atoms with Crippen molar-refractivity contribution in [1.82, 2.24) is 19.9 Å². The summed E-state index contributed by atoms with van der Waals surface area (Å²) in [5, 5.41) is 3.18. The molecule has 2 aromatic rings. The number of aromatic nitrogens is 4. The van der Waals surface area contributed by atoms with Crippen molar-refractivity contribution < 1.29 is 4.74 Å². The molecule has 0 amide bonds. The van der Waals surface area contributed by atoms with Gasteiger partial charge < -0.3 is 15.0 Å². The minimum absolute atomic E-state index is 0.00747. The topological polar surface area (TPSA) is 75.7 Å². The summed E-state index contributed by atoms with van der Waals surface area (Å²) < 4.78 is 5.04. The largest absolute Gasteiger partial charge is 0.383 e. The number of imidazole rings is 1. The van der Waals surface area contributed by atoms with Crippen LogP contribution in [0.4, 0.5) is 5.82 Å². The van der Waals surface area contributed by atoms with Crippen LogP contribution in [0, 0.1) is 0 Å². The molecular formula is C9H12ClN5O. The number of alkyl halides is 1. The van der Waals surface area contributed by atoms with Crippen molar-refractivity contribution in [2.75, 3.05) is 24.9 Å². The molecule has 0 fully saturated rings. The SMILES string of the molecule is COCC(CCl)Nc1ncnc2nc[nH]c12. The third-order valence-corrected chi connectivity index (χ3v) is 2.49. The van der Waals surface area contributed by atoms with Crippen LogP contribution in [0.15, 0.2) is 12.7 Å². The Labute approximate surface area is 97.4 Å². The van der Waals surface area contributed by atoms with E-state index in [0.717, 1.165) is 5.52 Å². The van der Waals surface area contributed by atoms with E-state index in [9.17, 15) is 0 Å². The highest BCUT2D eigenvalue weighted by molar-refractivity contribution is 6.18. The molecule has 2 heterocycles. The van der Waals surface area contributed by atoms with Crippen LogP contribution < -0.4 is 5.32 Å². The zero-order valence-corrected chi connectivity index (χ0v) is 9.53. The summed E-state index contributed by atoms with van der Waals surface area (Å²) in [7, 11) is 1.63. The van der Waals surface area contributed by atoms with Crippen LogP contribution in [-0.2, 0) is 4.74 Å². The molecule has 86 valence electrons. The van der Waals surface area contributed by atoms with E-state index in [1.54, 1.807) is 13.4 Å². The standard InChI is InChI=1S/C9H12ClN5O/c1-16-3-6(2-10)15-9-7-8(12-4-11-7)13-5-14-9/h4-6H,2-3H2,1H3,(H2,11,12,13,14,15). The van der Waals surface area contributed by atoms with Gasteiger partial charge in [0.1, 0.15) is 11.8 Å². The molecule has 0 saturated carbocycles. The first-order valence-electron chi connectivity index (χ1n) is 4.80. The third-order valence-electron chi connectivity index (χ3n) is 2.12. The molecule has 0 bridgehead atoms. The number of nitrogens with one attached hydrogen (secondary N) is 2. The number of anilines is 1. The van der Waals surface area contributed by atoms with Crippen molar-refractivity contribution in [3.05, 3.63) is 12.7 Å². The van der Waals surface area contributed by atoms with E-state index in [-0.39, 0.29) is 6.04 Å². The number of H-pyrrole nitrogens is 1. The normalized spacial score (nSPS) is 12.9. The van der Waals surface area contributed by atoms with Gasteiger partial charge in [-0.15, -0.1) is 11.6 Å². The second-order valence-electron chi connectivity index (χ2n) is 3.27. The number of halogens is 1. The molecule has 0 aromatic carbocycles. The number of rotatable bonds is 5. The minimum Gasteiger partial charge on any atom is -0.383 e. The fourth-order valence-electron chi connectivity index (χ4n) is 1.39. The average Bonchev–Trinajstić information content (AvgIpc) is 2.77. The van der Waals surface area contributed by atoms with Crippen molar-refractivity contribution in [3.8, 4) is 0 Å². The van der Waals surface area contributed by atoms with E-state index in [4.69, 9.17) is 16.3 Å². The highest BCUT2D eigenvalue weighted by Crippen LogP contribution is 2.15. The Morgan fingerprint density at radius 3 is 3.12 bits per heavy atom. The van der Waals surface area contributed by atoms with Gasteiger partial charge in [0.2, 0.25) is 0 Å². The maximum absolute atomic E-state index is 5.81. The quantitative estimate of drug-likeness (QED) is 0.765. The van der Waals surface area contributed by atoms with E-state index in [1.165, 1.54) is 6.33 Å². The molecule has 0 aliphatic heterocycles. The van der Waals surface area contributed by atoms with Gasteiger partial charge in [-0.05, 0) is 0 Å². The molecule has 1 atom stereocenters. The number of methoxy groups -OCH3 is 1. The lowest BCUT2D eigenvalue weighted by atomic mass is 10.3. The maximum atomic E-state index is 5.81. The molecule has 16 heavy (non-hydrogen) atoms. The van der Waals surface area contributed by atoms with Gasteiger partial charge >= 0.3 is 0 Å². The van der Waals surface area contributed by atoms with Gasteiger partial charge in [0.15, 0.2) is 11.5 Å². The number of ether oxygens (including phenoxy) is 1. The summed E-state index contributed by atoms with van der Waals surface area (Å²) in [6, 6.07) is 0.00747.